The van der Waals surface area contributed by atoms with Gasteiger partial charge in [-0.1, -0.05) is 38.1 Å². The molecule has 0 aromatic heterocycles. The van der Waals surface area contributed by atoms with E-state index in [1.807, 2.05) is 38.1 Å². The highest BCUT2D eigenvalue weighted by atomic mass is 16.5. The van der Waals surface area contributed by atoms with Crippen LogP contribution in [0.1, 0.15) is 30.9 Å². The first-order valence-electron chi connectivity index (χ1n) is 6.14. The molecule has 96 valence electrons. The highest BCUT2D eigenvalue weighted by Gasteiger charge is 2.34. The van der Waals surface area contributed by atoms with E-state index in [2.05, 4.69) is 0 Å². The second-order valence-corrected chi connectivity index (χ2v) is 4.95. The molecular weight excluding hydrogens is 228 g/mol. The number of aliphatic hydroxyl groups excluding tert-OH is 1. The van der Waals surface area contributed by atoms with E-state index in [-0.39, 0.29) is 17.6 Å². The summed E-state index contributed by atoms with van der Waals surface area (Å²) in [6.07, 6.45) is 0.407. The number of allylic oxidation sites excluding steroid dienone is 1. The smallest absolute Gasteiger partial charge is 0.337 e. The first kappa shape index (κ1) is 12.7. The fourth-order valence-corrected chi connectivity index (χ4v) is 2.66. The number of carbonyl (C=O) groups is 1. The number of fused-ring (bicyclic) bond motifs is 1. The summed E-state index contributed by atoms with van der Waals surface area (Å²) in [6.45, 7) is 4.09. The van der Waals surface area contributed by atoms with Crippen molar-refractivity contribution in [3.8, 4) is 0 Å². The van der Waals surface area contributed by atoms with Crippen LogP contribution in [-0.4, -0.2) is 18.2 Å². The van der Waals surface area contributed by atoms with E-state index in [4.69, 9.17) is 4.74 Å². The number of benzene rings is 1. The lowest BCUT2D eigenvalue weighted by Crippen LogP contribution is -2.25. The van der Waals surface area contributed by atoms with Crippen LogP contribution in [0.25, 0.3) is 0 Å². The molecule has 0 saturated carbocycles. The Morgan fingerprint density at radius 3 is 2.67 bits per heavy atom. The van der Waals surface area contributed by atoms with Gasteiger partial charge >= 0.3 is 5.97 Å². The van der Waals surface area contributed by atoms with Gasteiger partial charge in [-0.05, 0) is 17.0 Å². The first-order valence-corrected chi connectivity index (χ1v) is 6.14. The summed E-state index contributed by atoms with van der Waals surface area (Å²) in [5.41, 5.74) is 2.61. The Hall–Kier alpha value is -1.77. The number of aliphatic hydroxyl groups is 1. The van der Waals surface area contributed by atoms with Gasteiger partial charge in [0.2, 0.25) is 0 Å². The molecule has 1 N–H and O–H groups in total. The van der Waals surface area contributed by atoms with Crippen molar-refractivity contribution in [1.29, 1.82) is 0 Å². The number of ether oxygens (including phenoxy) is 1. The molecule has 0 heterocycles. The fourth-order valence-electron chi connectivity index (χ4n) is 2.66. The number of hydrogen-bond donors (Lipinski definition) is 1. The summed E-state index contributed by atoms with van der Waals surface area (Å²) in [6, 6.07) is 7.93. The lowest BCUT2D eigenvalue weighted by Gasteiger charge is -2.30. The van der Waals surface area contributed by atoms with Crippen LogP contribution in [0.15, 0.2) is 35.6 Å². The summed E-state index contributed by atoms with van der Waals surface area (Å²) in [7, 11) is 1.35. The van der Waals surface area contributed by atoms with Crippen LogP contribution < -0.4 is 0 Å². The number of rotatable bonds is 2. The first-order chi connectivity index (χ1) is 8.56. The molecule has 0 fully saturated rings. The molecular formula is C15H18O3. The van der Waals surface area contributed by atoms with E-state index >= 15 is 0 Å². The third kappa shape index (κ3) is 2.01. The molecule has 0 saturated heterocycles. The highest BCUT2D eigenvalue weighted by Crippen LogP contribution is 2.40. The van der Waals surface area contributed by atoms with Crippen molar-refractivity contribution >= 4 is 5.97 Å². The van der Waals surface area contributed by atoms with Crippen molar-refractivity contribution in [1.82, 2.24) is 0 Å². The van der Waals surface area contributed by atoms with Crippen molar-refractivity contribution in [3.63, 3.8) is 0 Å². The summed E-state index contributed by atoms with van der Waals surface area (Å²) >= 11 is 0. The molecule has 0 aliphatic heterocycles. The molecule has 1 aliphatic rings. The van der Waals surface area contributed by atoms with Crippen LogP contribution in [0, 0.1) is 5.92 Å². The third-order valence-corrected chi connectivity index (χ3v) is 3.44. The predicted octanol–water partition coefficient (Wildman–Crippen LogP) is 2.97. The number of carbonyl (C=O) groups excluding carboxylic acids is 1. The van der Waals surface area contributed by atoms with Gasteiger partial charge in [0.15, 0.2) is 0 Å². The van der Waals surface area contributed by atoms with Gasteiger partial charge in [-0.25, -0.2) is 4.79 Å². The van der Waals surface area contributed by atoms with Gasteiger partial charge in [-0.15, -0.1) is 0 Å². The molecule has 0 amide bonds. The van der Waals surface area contributed by atoms with Crippen molar-refractivity contribution < 1.29 is 14.6 Å². The minimum absolute atomic E-state index is 0.0950. The van der Waals surface area contributed by atoms with Crippen LogP contribution in [0.3, 0.4) is 0 Å². The van der Waals surface area contributed by atoms with Crippen molar-refractivity contribution in [3.05, 3.63) is 46.7 Å². The zero-order chi connectivity index (χ0) is 13.3. The molecule has 2 rings (SSSR count). The van der Waals surface area contributed by atoms with E-state index in [1.165, 1.54) is 7.11 Å². The van der Waals surface area contributed by atoms with Gasteiger partial charge < -0.3 is 9.84 Å². The van der Waals surface area contributed by atoms with Gasteiger partial charge in [0, 0.05) is 12.3 Å². The van der Waals surface area contributed by atoms with E-state index in [1.54, 1.807) is 0 Å². The molecule has 0 bridgehead atoms. The zero-order valence-electron chi connectivity index (χ0n) is 10.9. The maximum absolute atomic E-state index is 11.9. The van der Waals surface area contributed by atoms with Crippen LogP contribution in [0.4, 0.5) is 0 Å². The van der Waals surface area contributed by atoms with Gasteiger partial charge in [-0.3, -0.25) is 0 Å². The molecule has 0 radical (unpaired) electrons. The average Bonchev–Trinajstić information content (AvgIpc) is 2.35. The van der Waals surface area contributed by atoms with Gasteiger partial charge in [0.25, 0.3) is 0 Å². The molecule has 1 atom stereocenters. The van der Waals surface area contributed by atoms with E-state index in [9.17, 15) is 9.90 Å². The molecule has 3 nitrogen and oxygen atoms in total. The lowest BCUT2D eigenvalue weighted by molar-refractivity contribution is -0.136. The largest absolute Gasteiger partial charge is 0.511 e. The average molecular weight is 246 g/mol. The van der Waals surface area contributed by atoms with Crippen LogP contribution in [0.5, 0.6) is 0 Å². The maximum Gasteiger partial charge on any atom is 0.337 e. The standard InChI is InChI=1S/C15H18O3/c1-9(2)13-11-7-5-4-6-10(11)8-12(16)14(13)15(17)18-3/h4-7,9,13,16H,8H2,1-3H3. The second-order valence-electron chi connectivity index (χ2n) is 4.95. The Balaban J connectivity index is 2.56. The van der Waals surface area contributed by atoms with E-state index in [0.29, 0.717) is 12.0 Å². The lowest BCUT2D eigenvalue weighted by atomic mass is 9.75. The van der Waals surface area contributed by atoms with Gasteiger partial charge in [0.05, 0.1) is 12.7 Å². The Bertz CT molecular complexity index is 500. The summed E-state index contributed by atoms with van der Waals surface area (Å²) in [5.74, 6) is -0.162. The highest BCUT2D eigenvalue weighted by molar-refractivity contribution is 5.91. The maximum atomic E-state index is 11.9. The summed E-state index contributed by atoms with van der Waals surface area (Å²) < 4.78 is 4.80. The van der Waals surface area contributed by atoms with Crippen molar-refractivity contribution in [2.75, 3.05) is 7.11 Å². The SMILES string of the molecule is COC(=O)C1=C(O)Cc2ccccc2C1C(C)C. The Kier molecular flexibility index (Phi) is 3.41. The molecule has 0 spiro atoms. The Morgan fingerprint density at radius 1 is 1.39 bits per heavy atom. The van der Waals surface area contributed by atoms with Gasteiger partial charge in [0.1, 0.15) is 5.76 Å². The van der Waals surface area contributed by atoms with E-state index < -0.39 is 5.97 Å². The van der Waals surface area contributed by atoms with Crippen molar-refractivity contribution in [2.24, 2.45) is 5.92 Å². The van der Waals surface area contributed by atoms with Crippen LogP contribution >= 0.6 is 0 Å². The van der Waals surface area contributed by atoms with Crippen LogP contribution in [-0.2, 0) is 16.0 Å². The third-order valence-electron chi connectivity index (χ3n) is 3.44. The van der Waals surface area contributed by atoms with Gasteiger partial charge in [-0.2, -0.15) is 0 Å². The quantitative estimate of drug-likeness (QED) is 0.816. The Morgan fingerprint density at radius 2 is 2.06 bits per heavy atom. The fraction of sp³-hybridized carbons (Fsp3) is 0.400. The monoisotopic (exact) mass is 246 g/mol. The topological polar surface area (TPSA) is 46.5 Å². The minimum atomic E-state index is -0.430. The number of esters is 1. The van der Waals surface area contributed by atoms with Crippen LogP contribution in [0.2, 0.25) is 0 Å². The normalized spacial score (nSPS) is 18.8. The second kappa shape index (κ2) is 4.84. The Labute approximate surface area is 107 Å². The zero-order valence-corrected chi connectivity index (χ0v) is 10.9. The minimum Gasteiger partial charge on any atom is -0.511 e. The molecule has 1 unspecified atom stereocenters. The molecule has 3 heteroatoms. The molecule has 1 aliphatic carbocycles. The number of hydrogen-bond acceptors (Lipinski definition) is 3. The van der Waals surface area contributed by atoms with E-state index in [0.717, 1.165) is 11.1 Å². The summed E-state index contributed by atoms with van der Waals surface area (Å²) in [5, 5.41) is 10.1. The molecule has 1 aromatic rings. The van der Waals surface area contributed by atoms with Crippen molar-refractivity contribution in [2.45, 2.75) is 26.2 Å². The summed E-state index contributed by atoms with van der Waals surface area (Å²) in [4.78, 5) is 11.9. The number of methoxy groups -OCH3 is 1. The molecule has 18 heavy (non-hydrogen) atoms. The predicted molar refractivity (Wildman–Crippen MR) is 69.4 cm³/mol. The molecule has 1 aromatic carbocycles.